The Morgan fingerprint density at radius 2 is 2.05 bits per heavy atom. The van der Waals surface area contributed by atoms with Crippen LogP contribution in [0.25, 0.3) is 5.69 Å². The highest BCUT2D eigenvalue weighted by Crippen LogP contribution is 2.11. The normalized spacial score (nSPS) is 11.3. The summed E-state index contributed by atoms with van der Waals surface area (Å²) < 4.78 is 40.4. The fourth-order valence-electron chi connectivity index (χ4n) is 1.59. The van der Waals surface area contributed by atoms with E-state index in [2.05, 4.69) is 5.10 Å². The number of benzene rings is 1. The molecule has 0 radical (unpaired) electrons. The number of rotatable bonds is 4. The van der Waals surface area contributed by atoms with Gasteiger partial charge in [0, 0.05) is 12.6 Å². The lowest BCUT2D eigenvalue weighted by Crippen LogP contribution is -2.26. The van der Waals surface area contributed by atoms with Gasteiger partial charge in [0.05, 0.1) is 18.6 Å². The number of nitrogens with two attached hydrogens (primary N) is 1. The zero-order valence-corrected chi connectivity index (χ0v) is 11.5. The Morgan fingerprint density at radius 1 is 1.33 bits per heavy atom. The van der Waals surface area contributed by atoms with Crippen LogP contribution in [0.2, 0.25) is 0 Å². The van der Waals surface area contributed by atoms with Gasteiger partial charge < -0.3 is 5.73 Å². The van der Waals surface area contributed by atoms with Gasteiger partial charge in [-0.2, -0.15) is 5.10 Å². The maximum absolute atomic E-state index is 13.1. The van der Waals surface area contributed by atoms with Crippen LogP contribution in [-0.4, -0.2) is 20.9 Å². The summed E-state index contributed by atoms with van der Waals surface area (Å²) in [6, 6.07) is 3.01. The number of hydrogen-bond acceptors (Lipinski definition) is 3. The van der Waals surface area contributed by atoms with Crippen LogP contribution in [0, 0.1) is 11.6 Å². The Balaban J connectivity index is 0.00000220. The molecule has 2 N–H and O–H groups in total. The second-order valence-electron chi connectivity index (χ2n) is 4.01. The molecule has 1 heterocycles. The second kappa shape index (κ2) is 7.09. The molecule has 0 aliphatic heterocycles. The first kappa shape index (κ1) is 17.0. The molecule has 0 saturated heterocycles. The van der Waals surface area contributed by atoms with Gasteiger partial charge in [-0.15, -0.1) is 12.4 Å². The van der Waals surface area contributed by atoms with E-state index in [1.807, 2.05) is 0 Å². The largest absolute Gasteiger partial charge is 0.350 e. The Hall–Kier alpha value is -2.06. The van der Waals surface area contributed by atoms with E-state index in [4.69, 9.17) is 5.73 Å². The first-order valence-electron chi connectivity index (χ1n) is 5.65. The average Bonchev–Trinajstić information content (AvgIpc) is 2.80. The molecule has 0 spiro atoms. The van der Waals surface area contributed by atoms with Crippen molar-refractivity contribution < 1.29 is 13.2 Å². The minimum Gasteiger partial charge on any atom is -0.327 e. The van der Waals surface area contributed by atoms with Crippen LogP contribution in [0.15, 0.2) is 41.2 Å². The molecule has 0 fully saturated rings. The van der Waals surface area contributed by atoms with Gasteiger partial charge in [0.2, 0.25) is 0 Å². The highest BCUT2D eigenvalue weighted by Gasteiger charge is 2.10. The lowest BCUT2D eigenvalue weighted by atomic mass is 10.3. The second-order valence-corrected chi connectivity index (χ2v) is 4.01. The monoisotopic (exact) mass is 320 g/mol. The maximum atomic E-state index is 13.1. The summed E-state index contributed by atoms with van der Waals surface area (Å²) in [5.41, 5.74) is 4.99. The molecular formula is C12H12ClF3N4O. The summed E-state index contributed by atoms with van der Waals surface area (Å²) in [5, 5.41) is 3.77. The first-order chi connectivity index (χ1) is 9.56. The Bertz CT molecular complexity index is 711. The van der Waals surface area contributed by atoms with Gasteiger partial charge in [0.25, 0.3) is 0 Å². The first-order valence-corrected chi connectivity index (χ1v) is 5.65. The molecule has 0 saturated carbocycles. The van der Waals surface area contributed by atoms with Crippen molar-refractivity contribution in [2.75, 3.05) is 6.54 Å². The molecule has 0 aliphatic carbocycles. The summed E-state index contributed by atoms with van der Waals surface area (Å²) in [5.74, 6) is -2.09. The fourth-order valence-corrected chi connectivity index (χ4v) is 1.59. The van der Waals surface area contributed by atoms with Crippen molar-refractivity contribution in [2.24, 2.45) is 5.73 Å². The molecule has 5 nitrogen and oxygen atoms in total. The Kier molecular flexibility index (Phi) is 5.74. The van der Waals surface area contributed by atoms with Crippen LogP contribution in [0.5, 0.6) is 0 Å². The third-order valence-corrected chi connectivity index (χ3v) is 2.68. The van der Waals surface area contributed by atoms with Gasteiger partial charge in [-0.3, -0.25) is 0 Å². The predicted octanol–water partition coefficient (Wildman–Crippen LogP) is 1.55. The van der Waals surface area contributed by atoms with E-state index in [9.17, 15) is 18.0 Å². The van der Waals surface area contributed by atoms with Crippen molar-refractivity contribution in [3.8, 4) is 5.69 Å². The maximum Gasteiger partial charge on any atom is 0.350 e. The molecule has 2 aromatic rings. The number of nitrogens with zero attached hydrogens (tertiary/aromatic N) is 3. The molecule has 2 rings (SSSR count). The van der Waals surface area contributed by atoms with E-state index >= 15 is 0 Å². The summed E-state index contributed by atoms with van der Waals surface area (Å²) in [6.07, 6.45) is 1.45. The Morgan fingerprint density at radius 3 is 2.62 bits per heavy atom. The number of halogens is 4. The molecule has 9 heteroatoms. The standard InChI is InChI=1S/C12H11F3N4O.ClH/c13-4-8(5-16)6-19-12(20)18(7-17-19)9-1-2-10(14)11(15)3-9;/h1-4,7H,5-6,16H2;1H/b8-4+;. The summed E-state index contributed by atoms with van der Waals surface area (Å²) >= 11 is 0. The molecule has 1 aromatic heterocycles. The van der Waals surface area contributed by atoms with Crippen molar-refractivity contribution in [3.05, 3.63) is 58.5 Å². The molecule has 0 bridgehead atoms. The van der Waals surface area contributed by atoms with E-state index in [0.717, 1.165) is 27.7 Å². The molecule has 0 atom stereocenters. The van der Waals surface area contributed by atoms with Crippen LogP contribution < -0.4 is 11.4 Å². The third kappa shape index (κ3) is 3.53. The smallest absolute Gasteiger partial charge is 0.327 e. The van der Waals surface area contributed by atoms with Gasteiger partial charge in [-0.25, -0.2) is 27.2 Å². The van der Waals surface area contributed by atoms with Gasteiger partial charge in [0.15, 0.2) is 11.6 Å². The van der Waals surface area contributed by atoms with Gasteiger partial charge in [0.1, 0.15) is 6.33 Å². The van der Waals surface area contributed by atoms with E-state index in [-0.39, 0.29) is 36.8 Å². The zero-order valence-electron chi connectivity index (χ0n) is 10.7. The molecule has 0 amide bonds. The van der Waals surface area contributed by atoms with Crippen molar-refractivity contribution in [2.45, 2.75) is 6.54 Å². The van der Waals surface area contributed by atoms with Gasteiger partial charge in [-0.05, 0) is 17.7 Å². The van der Waals surface area contributed by atoms with Gasteiger partial charge in [-0.1, -0.05) is 0 Å². The van der Waals surface area contributed by atoms with Crippen molar-refractivity contribution in [1.29, 1.82) is 0 Å². The van der Waals surface area contributed by atoms with E-state index in [1.165, 1.54) is 6.07 Å². The predicted molar refractivity (Wildman–Crippen MR) is 73.2 cm³/mol. The van der Waals surface area contributed by atoms with E-state index < -0.39 is 17.3 Å². The molecule has 0 unspecified atom stereocenters. The van der Waals surface area contributed by atoms with Crippen molar-refractivity contribution >= 4 is 12.4 Å². The number of hydrogen-bond donors (Lipinski definition) is 1. The quantitative estimate of drug-likeness (QED) is 0.929. The van der Waals surface area contributed by atoms with Gasteiger partial charge >= 0.3 is 5.69 Å². The minimum atomic E-state index is -1.08. The lowest BCUT2D eigenvalue weighted by molar-refractivity contribution is 0.507. The third-order valence-electron chi connectivity index (χ3n) is 2.68. The minimum absolute atomic E-state index is 0. The molecular weight excluding hydrogens is 309 g/mol. The molecule has 21 heavy (non-hydrogen) atoms. The lowest BCUT2D eigenvalue weighted by Gasteiger charge is -2.02. The van der Waals surface area contributed by atoms with Crippen LogP contribution in [-0.2, 0) is 6.54 Å². The SMILES string of the molecule is Cl.NC/C(=C\F)Cn1ncn(-c2ccc(F)c(F)c2)c1=O. The topological polar surface area (TPSA) is 65.8 Å². The molecule has 1 aromatic carbocycles. The fraction of sp³-hybridized carbons (Fsp3) is 0.167. The summed E-state index contributed by atoms with van der Waals surface area (Å²) in [4.78, 5) is 12.0. The van der Waals surface area contributed by atoms with E-state index in [0.29, 0.717) is 6.33 Å². The zero-order chi connectivity index (χ0) is 14.7. The summed E-state index contributed by atoms with van der Waals surface area (Å²) in [7, 11) is 0. The van der Waals surface area contributed by atoms with Crippen LogP contribution in [0.4, 0.5) is 13.2 Å². The highest BCUT2D eigenvalue weighted by molar-refractivity contribution is 5.85. The van der Waals surface area contributed by atoms with Crippen LogP contribution in [0.1, 0.15) is 0 Å². The van der Waals surface area contributed by atoms with Crippen LogP contribution in [0.3, 0.4) is 0 Å². The number of aromatic nitrogens is 3. The van der Waals surface area contributed by atoms with Crippen molar-refractivity contribution in [3.63, 3.8) is 0 Å². The average molecular weight is 321 g/mol. The summed E-state index contributed by atoms with van der Waals surface area (Å²) in [6.45, 7) is -0.163. The van der Waals surface area contributed by atoms with Crippen LogP contribution >= 0.6 is 12.4 Å². The molecule has 114 valence electrons. The van der Waals surface area contributed by atoms with Crippen molar-refractivity contribution in [1.82, 2.24) is 14.3 Å². The Labute approximate surface area is 123 Å². The van der Waals surface area contributed by atoms with E-state index in [1.54, 1.807) is 0 Å². The molecule has 0 aliphatic rings. The highest BCUT2D eigenvalue weighted by atomic mass is 35.5.